The Hall–Kier alpha value is -3.03. The van der Waals surface area contributed by atoms with Gasteiger partial charge < -0.3 is 14.4 Å². The molecule has 1 amide bonds. The summed E-state index contributed by atoms with van der Waals surface area (Å²) < 4.78 is 50.0. The van der Waals surface area contributed by atoms with Crippen molar-refractivity contribution in [3.05, 3.63) is 65.7 Å². The second kappa shape index (κ2) is 9.85. The quantitative estimate of drug-likeness (QED) is 0.542. The number of alkyl halides is 3. The fourth-order valence-electron chi connectivity index (χ4n) is 3.67. The van der Waals surface area contributed by atoms with E-state index in [-0.39, 0.29) is 24.0 Å². The Bertz CT molecular complexity index is 952. The molecular weight excluding hydrogens is 435 g/mol. The van der Waals surface area contributed by atoms with E-state index in [9.17, 15) is 22.8 Å². The van der Waals surface area contributed by atoms with Crippen molar-refractivity contribution in [1.82, 2.24) is 4.90 Å². The molecule has 0 saturated carbocycles. The molecule has 0 radical (unpaired) electrons. The summed E-state index contributed by atoms with van der Waals surface area (Å²) >= 11 is 0. The number of nitrogens with zero attached hydrogens (tertiary/aromatic N) is 1. The van der Waals surface area contributed by atoms with E-state index in [1.165, 1.54) is 17.0 Å². The first-order valence-corrected chi connectivity index (χ1v) is 10.8. The highest BCUT2D eigenvalue weighted by Gasteiger charge is 2.34. The largest absolute Gasteiger partial charge is 0.486 e. The lowest BCUT2D eigenvalue weighted by molar-refractivity contribution is -0.137. The Balaban J connectivity index is 1.70. The molecule has 33 heavy (non-hydrogen) atoms. The van der Waals surface area contributed by atoms with E-state index in [1.54, 1.807) is 20.8 Å². The SMILES string of the molecule is CC(C)(C)OC(=O)N1CCC(CC(Oc2ccc(C(F)(F)F)cc2)c2ccccc2)C(=O)C1. The molecule has 1 aliphatic heterocycles. The number of ether oxygens (including phenoxy) is 2. The summed E-state index contributed by atoms with van der Waals surface area (Å²) in [6.07, 6.45) is -4.66. The average molecular weight is 463 g/mol. The molecule has 2 atom stereocenters. The van der Waals surface area contributed by atoms with Crippen LogP contribution >= 0.6 is 0 Å². The predicted octanol–water partition coefficient (Wildman–Crippen LogP) is 6.04. The normalized spacial score (nSPS) is 18.1. The Morgan fingerprint density at radius 2 is 1.70 bits per heavy atom. The summed E-state index contributed by atoms with van der Waals surface area (Å²) in [7, 11) is 0. The Morgan fingerprint density at radius 1 is 1.06 bits per heavy atom. The van der Waals surface area contributed by atoms with Crippen LogP contribution in [0.15, 0.2) is 54.6 Å². The van der Waals surface area contributed by atoms with Gasteiger partial charge in [-0.2, -0.15) is 13.2 Å². The average Bonchev–Trinajstić information content (AvgIpc) is 2.73. The Morgan fingerprint density at radius 3 is 2.24 bits per heavy atom. The molecule has 8 heteroatoms. The first-order chi connectivity index (χ1) is 15.4. The van der Waals surface area contributed by atoms with E-state index in [4.69, 9.17) is 9.47 Å². The van der Waals surface area contributed by atoms with E-state index in [1.807, 2.05) is 30.3 Å². The molecule has 178 valence electrons. The zero-order valence-corrected chi connectivity index (χ0v) is 18.9. The van der Waals surface area contributed by atoms with E-state index in [0.29, 0.717) is 19.4 Å². The smallest absolute Gasteiger partial charge is 0.416 e. The summed E-state index contributed by atoms with van der Waals surface area (Å²) in [6, 6.07) is 13.8. The van der Waals surface area contributed by atoms with Gasteiger partial charge in [0.15, 0.2) is 5.78 Å². The molecular formula is C25H28F3NO4. The molecule has 0 spiro atoms. The fourth-order valence-corrected chi connectivity index (χ4v) is 3.67. The highest BCUT2D eigenvalue weighted by molar-refractivity contribution is 5.87. The molecule has 2 aromatic carbocycles. The molecule has 0 bridgehead atoms. The van der Waals surface area contributed by atoms with Gasteiger partial charge in [0.2, 0.25) is 0 Å². The highest BCUT2D eigenvalue weighted by Crippen LogP contribution is 2.34. The second-order valence-electron chi connectivity index (χ2n) is 9.13. The zero-order valence-electron chi connectivity index (χ0n) is 18.9. The van der Waals surface area contributed by atoms with Crippen molar-refractivity contribution in [1.29, 1.82) is 0 Å². The number of likely N-dealkylation sites (tertiary alicyclic amines) is 1. The van der Waals surface area contributed by atoms with Crippen LogP contribution in [-0.4, -0.2) is 35.5 Å². The van der Waals surface area contributed by atoms with Gasteiger partial charge >= 0.3 is 12.3 Å². The van der Waals surface area contributed by atoms with Gasteiger partial charge in [0.25, 0.3) is 0 Å². The minimum absolute atomic E-state index is 0.0403. The molecule has 5 nitrogen and oxygen atoms in total. The van der Waals surface area contributed by atoms with Crippen LogP contribution in [0, 0.1) is 5.92 Å². The maximum absolute atomic E-state index is 12.9. The topological polar surface area (TPSA) is 55.8 Å². The molecule has 0 aromatic heterocycles. The van der Waals surface area contributed by atoms with Crippen molar-refractivity contribution in [2.24, 2.45) is 5.92 Å². The third kappa shape index (κ3) is 6.97. The van der Waals surface area contributed by atoms with Crippen molar-refractivity contribution in [3.63, 3.8) is 0 Å². The van der Waals surface area contributed by atoms with Gasteiger partial charge in [-0.05, 0) is 63.4 Å². The number of hydrogen-bond acceptors (Lipinski definition) is 4. The first kappa shape index (κ1) is 24.6. The van der Waals surface area contributed by atoms with E-state index >= 15 is 0 Å². The zero-order chi connectivity index (χ0) is 24.2. The number of ketones is 1. The number of amides is 1. The lowest BCUT2D eigenvalue weighted by Gasteiger charge is -2.33. The predicted molar refractivity (Wildman–Crippen MR) is 117 cm³/mol. The summed E-state index contributed by atoms with van der Waals surface area (Å²) in [6.45, 7) is 5.64. The number of rotatable bonds is 5. The number of benzene rings is 2. The van der Waals surface area contributed by atoms with Gasteiger partial charge in [0.1, 0.15) is 17.5 Å². The highest BCUT2D eigenvalue weighted by atomic mass is 19.4. The summed E-state index contributed by atoms with van der Waals surface area (Å²) in [4.78, 5) is 26.5. The van der Waals surface area contributed by atoms with Crippen LogP contribution in [0.25, 0.3) is 0 Å². The Labute approximate surface area is 191 Å². The van der Waals surface area contributed by atoms with Gasteiger partial charge in [0, 0.05) is 12.5 Å². The molecule has 1 saturated heterocycles. The molecule has 1 fully saturated rings. The number of carbonyl (C=O) groups excluding carboxylic acids is 2. The van der Waals surface area contributed by atoms with E-state index in [0.717, 1.165) is 17.7 Å². The number of halogens is 3. The van der Waals surface area contributed by atoms with Gasteiger partial charge in [-0.3, -0.25) is 4.79 Å². The molecule has 0 N–H and O–H groups in total. The Kier molecular flexibility index (Phi) is 7.34. The van der Waals surface area contributed by atoms with Gasteiger partial charge in [0.05, 0.1) is 12.1 Å². The molecule has 3 rings (SSSR count). The van der Waals surface area contributed by atoms with Crippen LogP contribution < -0.4 is 4.74 Å². The van der Waals surface area contributed by atoms with Crippen LogP contribution in [0.4, 0.5) is 18.0 Å². The van der Waals surface area contributed by atoms with E-state index in [2.05, 4.69) is 0 Å². The maximum Gasteiger partial charge on any atom is 0.416 e. The first-order valence-electron chi connectivity index (χ1n) is 10.8. The number of hydrogen-bond donors (Lipinski definition) is 0. The number of Topliss-reactive ketones (excluding diaryl/α,β-unsaturated/α-hetero) is 1. The third-order valence-electron chi connectivity index (χ3n) is 5.33. The molecule has 1 heterocycles. The molecule has 2 unspecified atom stereocenters. The minimum atomic E-state index is -4.42. The molecule has 1 aliphatic rings. The fraction of sp³-hybridized carbons (Fsp3) is 0.440. The third-order valence-corrected chi connectivity index (χ3v) is 5.33. The van der Waals surface area contributed by atoms with Crippen molar-refractivity contribution in [3.8, 4) is 5.75 Å². The van der Waals surface area contributed by atoms with Crippen molar-refractivity contribution >= 4 is 11.9 Å². The van der Waals surface area contributed by atoms with Crippen LogP contribution in [0.3, 0.4) is 0 Å². The lowest BCUT2D eigenvalue weighted by Crippen LogP contribution is -2.46. The van der Waals surface area contributed by atoms with Crippen LogP contribution in [-0.2, 0) is 15.7 Å². The standard InChI is InChI=1S/C25H28F3NO4/c1-24(2,3)33-23(31)29-14-13-18(21(30)16-29)15-22(17-7-5-4-6-8-17)32-20-11-9-19(10-12-20)25(26,27)28/h4-12,18,22H,13-16H2,1-3H3. The van der Waals surface area contributed by atoms with Crippen molar-refractivity contribution < 1.29 is 32.2 Å². The van der Waals surface area contributed by atoms with Crippen molar-refractivity contribution in [2.75, 3.05) is 13.1 Å². The second-order valence-corrected chi connectivity index (χ2v) is 9.13. The monoisotopic (exact) mass is 463 g/mol. The minimum Gasteiger partial charge on any atom is -0.486 e. The summed E-state index contributed by atoms with van der Waals surface area (Å²) in [5.41, 5.74) is -0.583. The number of piperidine rings is 1. The molecule has 2 aromatic rings. The van der Waals surface area contributed by atoms with Crippen molar-refractivity contribution in [2.45, 2.75) is 51.5 Å². The van der Waals surface area contributed by atoms with Gasteiger partial charge in [-0.15, -0.1) is 0 Å². The van der Waals surface area contributed by atoms with Crippen LogP contribution in [0.5, 0.6) is 5.75 Å². The summed E-state index contributed by atoms with van der Waals surface area (Å²) in [5, 5.41) is 0. The maximum atomic E-state index is 12.9. The van der Waals surface area contributed by atoms with E-state index < -0.39 is 29.5 Å². The molecule has 0 aliphatic carbocycles. The van der Waals surface area contributed by atoms with Crippen LogP contribution in [0.2, 0.25) is 0 Å². The summed E-state index contributed by atoms with van der Waals surface area (Å²) in [5.74, 6) is -0.150. The van der Waals surface area contributed by atoms with Gasteiger partial charge in [-0.1, -0.05) is 30.3 Å². The van der Waals surface area contributed by atoms with Gasteiger partial charge in [-0.25, -0.2) is 4.79 Å². The number of carbonyl (C=O) groups is 2. The van der Waals surface area contributed by atoms with Crippen LogP contribution in [0.1, 0.15) is 50.8 Å². The lowest BCUT2D eigenvalue weighted by atomic mass is 9.88.